The van der Waals surface area contributed by atoms with Crippen molar-refractivity contribution in [3.8, 4) is 0 Å². The monoisotopic (exact) mass is 331 g/mol. The van der Waals surface area contributed by atoms with E-state index in [9.17, 15) is 13.2 Å². The molecule has 0 unspecified atom stereocenters. The van der Waals surface area contributed by atoms with Crippen LogP contribution in [0.15, 0.2) is 48.5 Å². The predicted octanol–water partition coefficient (Wildman–Crippen LogP) is 5.51. The van der Waals surface area contributed by atoms with Crippen LogP contribution >= 0.6 is 0 Å². The molecule has 0 saturated carbocycles. The van der Waals surface area contributed by atoms with E-state index >= 15 is 0 Å². The lowest BCUT2D eigenvalue weighted by Gasteiger charge is -2.15. The SMILES string of the molecule is CN(C)CCCc1c2ccccc2cc2cc(C(F)(F)F)ccc12. The summed E-state index contributed by atoms with van der Waals surface area (Å²) in [6, 6.07) is 13.8. The number of aryl methyl sites for hydroxylation is 1. The molecule has 0 aromatic heterocycles. The predicted molar refractivity (Wildman–Crippen MR) is 93.3 cm³/mol. The first-order valence-electron chi connectivity index (χ1n) is 8.02. The highest BCUT2D eigenvalue weighted by molar-refractivity contribution is 6.02. The highest BCUT2D eigenvalue weighted by Crippen LogP contribution is 2.35. The Balaban J connectivity index is 2.16. The number of alkyl halides is 3. The maximum absolute atomic E-state index is 13.0. The van der Waals surface area contributed by atoms with Crippen molar-refractivity contribution in [2.24, 2.45) is 0 Å². The van der Waals surface area contributed by atoms with Gasteiger partial charge in [-0.3, -0.25) is 0 Å². The molecule has 0 fully saturated rings. The Bertz CT molecular complexity index is 866. The highest BCUT2D eigenvalue weighted by Gasteiger charge is 2.30. The molecule has 4 heteroatoms. The molecule has 0 bridgehead atoms. The number of hydrogen-bond donors (Lipinski definition) is 0. The Kier molecular flexibility index (Phi) is 4.50. The molecule has 0 aliphatic heterocycles. The van der Waals surface area contributed by atoms with Crippen LogP contribution in [-0.2, 0) is 12.6 Å². The number of nitrogens with zero attached hydrogens (tertiary/aromatic N) is 1. The molecule has 0 spiro atoms. The normalized spacial score (nSPS) is 12.4. The fourth-order valence-electron chi connectivity index (χ4n) is 3.19. The molecule has 0 aliphatic carbocycles. The quantitative estimate of drug-likeness (QED) is 0.570. The third-order valence-corrected chi connectivity index (χ3v) is 4.33. The van der Waals surface area contributed by atoms with Gasteiger partial charge in [-0.25, -0.2) is 0 Å². The lowest BCUT2D eigenvalue weighted by molar-refractivity contribution is -0.137. The van der Waals surface area contributed by atoms with Crippen molar-refractivity contribution >= 4 is 21.5 Å². The summed E-state index contributed by atoms with van der Waals surface area (Å²) < 4.78 is 39.0. The zero-order chi connectivity index (χ0) is 17.3. The number of benzene rings is 3. The topological polar surface area (TPSA) is 3.24 Å². The van der Waals surface area contributed by atoms with E-state index in [0.717, 1.165) is 41.1 Å². The van der Waals surface area contributed by atoms with Crippen LogP contribution in [0.4, 0.5) is 13.2 Å². The van der Waals surface area contributed by atoms with Crippen LogP contribution in [-0.4, -0.2) is 25.5 Å². The second kappa shape index (κ2) is 6.44. The number of rotatable bonds is 4. The van der Waals surface area contributed by atoms with Crippen LogP contribution in [0, 0.1) is 0 Å². The third kappa shape index (κ3) is 3.39. The molecule has 24 heavy (non-hydrogen) atoms. The molecule has 0 aliphatic rings. The molecule has 0 atom stereocenters. The second-order valence-electron chi connectivity index (χ2n) is 6.42. The van der Waals surface area contributed by atoms with E-state index in [1.807, 2.05) is 38.4 Å². The largest absolute Gasteiger partial charge is 0.416 e. The lowest BCUT2D eigenvalue weighted by Crippen LogP contribution is -2.13. The van der Waals surface area contributed by atoms with Gasteiger partial charge in [0.05, 0.1) is 5.56 Å². The lowest BCUT2D eigenvalue weighted by atomic mass is 9.93. The average molecular weight is 331 g/mol. The van der Waals surface area contributed by atoms with Crippen LogP contribution in [0.1, 0.15) is 17.5 Å². The molecular formula is C20H20F3N. The van der Waals surface area contributed by atoms with Crippen molar-refractivity contribution in [3.63, 3.8) is 0 Å². The number of fused-ring (bicyclic) bond motifs is 2. The van der Waals surface area contributed by atoms with Crippen LogP contribution < -0.4 is 0 Å². The molecule has 0 heterocycles. The highest BCUT2D eigenvalue weighted by atomic mass is 19.4. The molecule has 0 N–H and O–H groups in total. The summed E-state index contributed by atoms with van der Waals surface area (Å²) in [5.74, 6) is 0. The Morgan fingerprint density at radius 1 is 0.875 bits per heavy atom. The minimum atomic E-state index is -4.31. The summed E-state index contributed by atoms with van der Waals surface area (Å²) in [5.41, 5.74) is 0.545. The molecule has 1 nitrogen and oxygen atoms in total. The van der Waals surface area contributed by atoms with Gasteiger partial charge >= 0.3 is 6.18 Å². The standard InChI is InChI=1S/C20H20F3N/c1-24(2)11-5-8-19-17-7-4-3-6-14(17)12-15-13-16(20(21,22)23)9-10-18(15)19/h3-4,6-7,9-10,12-13H,5,8,11H2,1-2H3. The third-order valence-electron chi connectivity index (χ3n) is 4.33. The van der Waals surface area contributed by atoms with Crippen LogP contribution in [0.2, 0.25) is 0 Å². The summed E-state index contributed by atoms with van der Waals surface area (Å²) in [6.45, 7) is 0.950. The van der Waals surface area contributed by atoms with E-state index in [1.54, 1.807) is 6.07 Å². The molecule has 0 radical (unpaired) electrons. The van der Waals surface area contributed by atoms with Crippen molar-refractivity contribution in [1.29, 1.82) is 0 Å². The average Bonchev–Trinajstić information content (AvgIpc) is 2.52. The van der Waals surface area contributed by atoms with Crippen molar-refractivity contribution in [2.45, 2.75) is 19.0 Å². The van der Waals surface area contributed by atoms with Crippen molar-refractivity contribution in [2.75, 3.05) is 20.6 Å². The van der Waals surface area contributed by atoms with E-state index in [0.29, 0.717) is 5.39 Å². The van der Waals surface area contributed by atoms with Gasteiger partial charge in [0, 0.05) is 0 Å². The smallest absolute Gasteiger partial charge is 0.309 e. The van der Waals surface area contributed by atoms with Crippen molar-refractivity contribution in [1.82, 2.24) is 4.90 Å². The first kappa shape index (κ1) is 16.8. The minimum absolute atomic E-state index is 0.593. The van der Waals surface area contributed by atoms with Gasteiger partial charge < -0.3 is 4.90 Å². The maximum atomic E-state index is 13.0. The van der Waals surface area contributed by atoms with Gasteiger partial charge in [0.15, 0.2) is 0 Å². The van der Waals surface area contributed by atoms with Gasteiger partial charge in [0.2, 0.25) is 0 Å². The van der Waals surface area contributed by atoms with Crippen molar-refractivity contribution in [3.05, 3.63) is 59.7 Å². The molecular weight excluding hydrogens is 311 g/mol. The van der Waals surface area contributed by atoms with E-state index in [1.165, 1.54) is 12.1 Å². The Morgan fingerprint density at radius 3 is 2.29 bits per heavy atom. The van der Waals surface area contributed by atoms with Gasteiger partial charge in [-0.05, 0) is 78.8 Å². The van der Waals surface area contributed by atoms with Crippen LogP contribution in [0.25, 0.3) is 21.5 Å². The number of halogens is 3. The van der Waals surface area contributed by atoms with Gasteiger partial charge in [-0.1, -0.05) is 30.3 Å². The number of hydrogen-bond acceptors (Lipinski definition) is 1. The fourth-order valence-corrected chi connectivity index (χ4v) is 3.19. The van der Waals surface area contributed by atoms with Gasteiger partial charge in [0.1, 0.15) is 0 Å². The maximum Gasteiger partial charge on any atom is 0.416 e. The first-order chi connectivity index (χ1) is 11.4. The second-order valence-corrected chi connectivity index (χ2v) is 6.42. The van der Waals surface area contributed by atoms with Gasteiger partial charge in [0.25, 0.3) is 0 Å². The Hall–Kier alpha value is -2.07. The van der Waals surface area contributed by atoms with E-state index in [2.05, 4.69) is 11.0 Å². The van der Waals surface area contributed by atoms with Crippen LogP contribution in [0.3, 0.4) is 0 Å². The van der Waals surface area contributed by atoms with Crippen molar-refractivity contribution < 1.29 is 13.2 Å². The molecule has 0 saturated heterocycles. The zero-order valence-electron chi connectivity index (χ0n) is 13.8. The molecule has 126 valence electrons. The Morgan fingerprint density at radius 2 is 1.58 bits per heavy atom. The molecule has 3 rings (SSSR count). The fraction of sp³-hybridized carbons (Fsp3) is 0.300. The molecule has 3 aromatic rings. The van der Waals surface area contributed by atoms with Crippen LogP contribution in [0.5, 0.6) is 0 Å². The summed E-state index contributed by atoms with van der Waals surface area (Å²) in [5, 5.41) is 3.69. The molecule has 3 aromatic carbocycles. The van der Waals surface area contributed by atoms with E-state index in [4.69, 9.17) is 0 Å². The van der Waals surface area contributed by atoms with Gasteiger partial charge in [-0.15, -0.1) is 0 Å². The molecule has 0 amide bonds. The summed E-state index contributed by atoms with van der Waals surface area (Å²) in [4.78, 5) is 2.12. The summed E-state index contributed by atoms with van der Waals surface area (Å²) in [6.07, 6.45) is -2.50. The summed E-state index contributed by atoms with van der Waals surface area (Å²) in [7, 11) is 4.05. The van der Waals surface area contributed by atoms with E-state index in [-0.39, 0.29) is 0 Å². The summed E-state index contributed by atoms with van der Waals surface area (Å²) >= 11 is 0. The zero-order valence-corrected chi connectivity index (χ0v) is 13.8. The first-order valence-corrected chi connectivity index (χ1v) is 8.02. The van der Waals surface area contributed by atoms with E-state index < -0.39 is 11.7 Å². The van der Waals surface area contributed by atoms with Gasteiger partial charge in [-0.2, -0.15) is 13.2 Å². The Labute approximate surface area is 139 Å². The minimum Gasteiger partial charge on any atom is -0.309 e.